The van der Waals surface area contributed by atoms with Gasteiger partial charge in [0.2, 0.25) is 0 Å². The molecule has 112 valence electrons. The molecular formula is C15H14BrN5O. The van der Waals surface area contributed by atoms with Crippen molar-refractivity contribution in [2.24, 2.45) is 0 Å². The molecule has 0 bridgehead atoms. The highest BCUT2D eigenvalue weighted by molar-refractivity contribution is 9.10. The molecule has 0 saturated carbocycles. The standard InChI is InChI=1S/C15H14BrN5O/c1-9-14(16)10(2)21(20-9)12-5-3-11(4-6-12)15(22)18-13-7-8-17-19-13/h3-8H,1-2H3,(H2,17,18,19,22). The van der Waals surface area contributed by atoms with E-state index in [0.717, 1.165) is 21.5 Å². The lowest BCUT2D eigenvalue weighted by Gasteiger charge is -2.06. The fourth-order valence-electron chi connectivity index (χ4n) is 2.15. The molecule has 6 nitrogen and oxygen atoms in total. The summed E-state index contributed by atoms with van der Waals surface area (Å²) in [6.45, 7) is 3.93. The molecule has 0 aliphatic heterocycles. The fourth-order valence-corrected chi connectivity index (χ4v) is 2.40. The second-order valence-electron chi connectivity index (χ2n) is 4.87. The number of anilines is 1. The van der Waals surface area contributed by atoms with Gasteiger partial charge in [-0.2, -0.15) is 10.2 Å². The number of hydrogen-bond donors (Lipinski definition) is 2. The molecule has 0 unspecified atom stereocenters. The van der Waals surface area contributed by atoms with Crippen molar-refractivity contribution >= 4 is 27.7 Å². The van der Waals surface area contributed by atoms with Crippen molar-refractivity contribution in [2.45, 2.75) is 13.8 Å². The summed E-state index contributed by atoms with van der Waals surface area (Å²) in [5.41, 5.74) is 3.43. The summed E-state index contributed by atoms with van der Waals surface area (Å²) in [4.78, 5) is 12.1. The zero-order chi connectivity index (χ0) is 15.7. The zero-order valence-corrected chi connectivity index (χ0v) is 13.7. The van der Waals surface area contributed by atoms with E-state index < -0.39 is 0 Å². The average Bonchev–Trinajstić information content (AvgIpc) is 3.12. The second kappa shape index (κ2) is 5.76. The average molecular weight is 360 g/mol. The summed E-state index contributed by atoms with van der Waals surface area (Å²) in [6.07, 6.45) is 1.58. The van der Waals surface area contributed by atoms with Gasteiger partial charge in [-0.3, -0.25) is 9.89 Å². The molecule has 0 saturated heterocycles. The van der Waals surface area contributed by atoms with E-state index in [1.807, 2.05) is 30.7 Å². The lowest BCUT2D eigenvalue weighted by molar-refractivity contribution is 0.102. The molecule has 0 aliphatic carbocycles. The molecule has 1 aromatic carbocycles. The maximum absolute atomic E-state index is 12.1. The van der Waals surface area contributed by atoms with Gasteiger partial charge in [0, 0.05) is 11.6 Å². The van der Waals surface area contributed by atoms with Crippen molar-refractivity contribution in [3.05, 3.63) is 58.0 Å². The van der Waals surface area contributed by atoms with Crippen LogP contribution in [0.4, 0.5) is 5.82 Å². The summed E-state index contributed by atoms with van der Waals surface area (Å²) in [5, 5.41) is 13.7. The monoisotopic (exact) mass is 359 g/mol. The van der Waals surface area contributed by atoms with Gasteiger partial charge in [-0.1, -0.05) is 0 Å². The van der Waals surface area contributed by atoms with Crippen LogP contribution in [-0.4, -0.2) is 25.9 Å². The number of aromatic amines is 1. The number of rotatable bonds is 3. The fraction of sp³-hybridized carbons (Fsp3) is 0.133. The van der Waals surface area contributed by atoms with Gasteiger partial charge in [0.05, 0.1) is 27.7 Å². The van der Waals surface area contributed by atoms with Crippen LogP contribution in [0, 0.1) is 13.8 Å². The molecule has 0 fully saturated rings. The summed E-state index contributed by atoms with van der Waals surface area (Å²) < 4.78 is 2.84. The molecule has 3 aromatic rings. The first-order chi connectivity index (χ1) is 10.6. The number of amides is 1. The van der Waals surface area contributed by atoms with Crippen molar-refractivity contribution in [3.8, 4) is 5.69 Å². The Morgan fingerprint density at radius 2 is 1.95 bits per heavy atom. The molecular weight excluding hydrogens is 346 g/mol. The third kappa shape index (κ3) is 2.67. The maximum atomic E-state index is 12.1. The van der Waals surface area contributed by atoms with E-state index in [4.69, 9.17) is 0 Å². The minimum Gasteiger partial charge on any atom is -0.307 e. The summed E-state index contributed by atoms with van der Waals surface area (Å²) in [5.74, 6) is 0.377. The smallest absolute Gasteiger partial charge is 0.256 e. The molecule has 7 heteroatoms. The van der Waals surface area contributed by atoms with E-state index >= 15 is 0 Å². The van der Waals surface area contributed by atoms with Crippen LogP contribution in [0.15, 0.2) is 41.0 Å². The number of nitrogens with zero attached hydrogens (tertiary/aromatic N) is 3. The number of benzene rings is 1. The summed E-state index contributed by atoms with van der Waals surface area (Å²) in [7, 11) is 0. The quantitative estimate of drug-likeness (QED) is 0.753. The lowest BCUT2D eigenvalue weighted by Crippen LogP contribution is -2.12. The summed E-state index contributed by atoms with van der Waals surface area (Å²) >= 11 is 3.51. The van der Waals surface area contributed by atoms with Crippen LogP contribution in [0.5, 0.6) is 0 Å². The van der Waals surface area contributed by atoms with Gasteiger partial charge in [-0.25, -0.2) is 4.68 Å². The molecule has 0 atom stereocenters. The van der Waals surface area contributed by atoms with Gasteiger partial charge >= 0.3 is 0 Å². The number of hydrogen-bond acceptors (Lipinski definition) is 3. The Morgan fingerprint density at radius 1 is 1.23 bits per heavy atom. The van der Waals surface area contributed by atoms with Crippen molar-refractivity contribution < 1.29 is 4.79 Å². The maximum Gasteiger partial charge on any atom is 0.256 e. The Hall–Kier alpha value is -2.41. The van der Waals surface area contributed by atoms with Gasteiger partial charge < -0.3 is 5.32 Å². The highest BCUT2D eigenvalue weighted by Gasteiger charge is 2.11. The third-order valence-electron chi connectivity index (χ3n) is 3.33. The minimum atomic E-state index is -0.189. The molecule has 0 radical (unpaired) electrons. The van der Waals surface area contributed by atoms with Crippen LogP contribution in [0.3, 0.4) is 0 Å². The largest absolute Gasteiger partial charge is 0.307 e. The Labute approximate surface area is 135 Å². The number of nitrogens with one attached hydrogen (secondary N) is 2. The molecule has 0 aliphatic rings. The Morgan fingerprint density at radius 3 is 2.50 bits per heavy atom. The van der Waals surface area contributed by atoms with Crippen LogP contribution in [0.1, 0.15) is 21.7 Å². The number of carbonyl (C=O) groups excluding carboxylic acids is 1. The van der Waals surface area contributed by atoms with Gasteiger partial charge in [0.25, 0.3) is 5.91 Å². The predicted octanol–water partition coefficient (Wildman–Crippen LogP) is 3.23. The van der Waals surface area contributed by atoms with Crippen LogP contribution in [0.2, 0.25) is 0 Å². The number of halogens is 1. The van der Waals surface area contributed by atoms with Gasteiger partial charge in [0.1, 0.15) is 5.82 Å². The summed E-state index contributed by atoms with van der Waals surface area (Å²) in [6, 6.07) is 8.97. The predicted molar refractivity (Wildman–Crippen MR) is 87.3 cm³/mol. The third-order valence-corrected chi connectivity index (χ3v) is 4.47. The van der Waals surface area contributed by atoms with Crippen LogP contribution < -0.4 is 5.32 Å². The molecule has 22 heavy (non-hydrogen) atoms. The number of aryl methyl sites for hydroxylation is 1. The van der Waals surface area contributed by atoms with E-state index in [2.05, 4.69) is 36.5 Å². The Balaban J connectivity index is 1.83. The minimum absolute atomic E-state index is 0.189. The van der Waals surface area contributed by atoms with E-state index in [9.17, 15) is 4.79 Å². The highest BCUT2D eigenvalue weighted by atomic mass is 79.9. The van der Waals surface area contributed by atoms with Crippen LogP contribution in [-0.2, 0) is 0 Å². The Bertz CT molecular complexity index is 805. The van der Waals surface area contributed by atoms with E-state index in [-0.39, 0.29) is 5.91 Å². The first-order valence-corrected chi connectivity index (χ1v) is 7.48. The number of H-pyrrole nitrogens is 1. The first-order valence-electron chi connectivity index (χ1n) is 6.69. The lowest BCUT2D eigenvalue weighted by atomic mass is 10.2. The van der Waals surface area contributed by atoms with Crippen molar-refractivity contribution in [1.29, 1.82) is 0 Å². The van der Waals surface area contributed by atoms with E-state index in [0.29, 0.717) is 11.4 Å². The molecule has 2 aromatic heterocycles. The normalized spacial score (nSPS) is 10.7. The van der Waals surface area contributed by atoms with Crippen molar-refractivity contribution in [2.75, 3.05) is 5.32 Å². The topological polar surface area (TPSA) is 75.6 Å². The number of aromatic nitrogens is 4. The van der Waals surface area contributed by atoms with Gasteiger partial charge in [-0.15, -0.1) is 0 Å². The molecule has 3 rings (SSSR count). The Kier molecular flexibility index (Phi) is 3.81. The van der Waals surface area contributed by atoms with Crippen LogP contribution in [0.25, 0.3) is 5.69 Å². The zero-order valence-electron chi connectivity index (χ0n) is 12.1. The van der Waals surface area contributed by atoms with Crippen LogP contribution >= 0.6 is 15.9 Å². The second-order valence-corrected chi connectivity index (χ2v) is 5.66. The van der Waals surface area contributed by atoms with Crippen molar-refractivity contribution in [3.63, 3.8) is 0 Å². The van der Waals surface area contributed by atoms with E-state index in [1.54, 1.807) is 24.4 Å². The molecule has 0 spiro atoms. The molecule has 2 heterocycles. The SMILES string of the molecule is Cc1nn(-c2ccc(C(=O)Nc3ccn[nH]3)cc2)c(C)c1Br. The van der Waals surface area contributed by atoms with Gasteiger partial charge in [0.15, 0.2) is 0 Å². The highest BCUT2D eigenvalue weighted by Crippen LogP contribution is 2.23. The van der Waals surface area contributed by atoms with E-state index in [1.165, 1.54) is 0 Å². The number of carbonyl (C=O) groups is 1. The molecule has 1 amide bonds. The molecule has 2 N–H and O–H groups in total. The van der Waals surface area contributed by atoms with Gasteiger partial charge in [-0.05, 0) is 54.0 Å². The van der Waals surface area contributed by atoms with Crippen molar-refractivity contribution in [1.82, 2.24) is 20.0 Å². The first kappa shape index (κ1) is 14.5.